The molecule has 4 nitrogen and oxygen atoms in total. The minimum atomic E-state index is -0.125. The average molecular weight is 598 g/mol. The first-order chi connectivity index (χ1) is 15.0. The quantitative estimate of drug-likeness (QED) is 0.110. The number of aromatic nitrogens is 2. The van der Waals surface area contributed by atoms with Gasteiger partial charge in [-0.1, -0.05) is 60.0 Å². The second kappa shape index (κ2) is 10.3. The third-order valence-corrected chi connectivity index (χ3v) is 4.78. The third-order valence-electron chi connectivity index (χ3n) is 4.78. The number of benzene rings is 3. The van der Waals surface area contributed by atoms with E-state index in [9.17, 15) is 4.79 Å². The minimum absolute atomic E-state index is 0. The van der Waals surface area contributed by atoms with E-state index in [2.05, 4.69) is 42.5 Å². The van der Waals surface area contributed by atoms with E-state index in [1.807, 2.05) is 42.5 Å². The maximum absolute atomic E-state index is 10.0. The van der Waals surface area contributed by atoms with E-state index < -0.39 is 0 Å². The van der Waals surface area contributed by atoms with Crippen molar-refractivity contribution in [1.82, 2.24) is 9.97 Å². The molecule has 0 saturated heterocycles. The number of para-hydroxylation sites is 2. The minimum Gasteiger partial charge on any atom is -0.512 e. The van der Waals surface area contributed by atoms with E-state index in [1.165, 1.54) is 25.3 Å². The van der Waals surface area contributed by atoms with Gasteiger partial charge in [0.15, 0.2) is 5.78 Å². The average Bonchev–Trinajstić information content (AvgIpc) is 2.78. The molecule has 0 amide bonds. The molecule has 0 fully saturated rings. The van der Waals surface area contributed by atoms with E-state index in [4.69, 9.17) is 15.1 Å². The number of pyridine rings is 2. The molecule has 0 aliphatic rings. The zero-order chi connectivity index (χ0) is 21.8. The molecular weight excluding hydrogens is 577 g/mol. The number of aliphatic hydroxyl groups is 1. The van der Waals surface area contributed by atoms with Gasteiger partial charge in [0, 0.05) is 37.1 Å². The van der Waals surface area contributed by atoms with Crippen LogP contribution in [-0.2, 0) is 24.9 Å². The van der Waals surface area contributed by atoms with E-state index in [1.54, 1.807) is 0 Å². The molecule has 3 aromatic carbocycles. The first-order valence-corrected chi connectivity index (χ1v) is 9.96. The van der Waals surface area contributed by atoms with Gasteiger partial charge in [0.05, 0.1) is 11.3 Å². The summed E-state index contributed by atoms with van der Waals surface area (Å²) < 4.78 is 0. The molecule has 1 radical (unpaired) electrons. The summed E-state index contributed by atoms with van der Waals surface area (Å²) in [7, 11) is 0. The fourth-order valence-corrected chi connectivity index (χ4v) is 3.51. The molecule has 0 atom stereocenters. The Morgan fingerprint density at radius 3 is 2.06 bits per heavy atom. The number of rotatable bonds is 2. The van der Waals surface area contributed by atoms with Gasteiger partial charge in [0.1, 0.15) is 0 Å². The van der Waals surface area contributed by atoms with E-state index in [-0.39, 0.29) is 31.6 Å². The first kappa shape index (κ1) is 23.3. The van der Waals surface area contributed by atoms with Crippen LogP contribution in [0.15, 0.2) is 90.7 Å². The summed E-state index contributed by atoms with van der Waals surface area (Å²) in [5.41, 5.74) is 3.62. The van der Waals surface area contributed by atoms with Crippen LogP contribution in [0.1, 0.15) is 13.8 Å². The standard InChI is InChI=1S/C22H13N2.C5H8O2.Ir/c1-5-11-19-15(7-1)13-14-21(23-19)22-18-10-3-2-8-16(18)17-9-4-6-12-20(17)24-22;1-4(6)3-5(2)7;/h1-13H;3,6H,1-2H3;/q-1;;. The second-order valence-electron chi connectivity index (χ2n) is 7.23. The van der Waals surface area contributed by atoms with Gasteiger partial charge in [-0.15, -0.1) is 6.07 Å². The van der Waals surface area contributed by atoms with Gasteiger partial charge in [-0.3, -0.25) is 9.78 Å². The molecule has 0 saturated carbocycles. The van der Waals surface area contributed by atoms with Gasteiger partial charge in [-0.05, 0) is 48.1 Å². The van der Waals surface area contributed by atoms with Crippen molar-refractivity contribution in [2.75, 3.05) is 0 Å². The summed E-state index contributed by atoms with van der Waals surface area (Å²) in [6.45, 7) is 2.85. The molecule has 5 rings (SSSR count). The SMILES string of the molecule is CC(=O)C=C(C)O.[Ir].[c-]1cc2ccccc2nc1-c1nc2ccccc2c2ccccc12. The Morgan fingerprint density at radius 1 is 0.812 bits per heavy atom. The molecule has 0 spiro atoms. The Balaban J connectivity index is 0.000000318. The van der Waals surface area contributed by atoms with Crippen LogP contribution in [-0.4, -0.2) is 20.9 Å². The fourth-order valence-electron chi connectivity index (χ4n) is 3.51. The van der Waals surface area contributed by atoms with Crippen LogP contribution in [0.3, 0.4) is 0 Å². The topological polar surface area (TPSA) is 63.1 Å². The van der Waals surface area contributed by atoms with Crippen LogP contribution in [0.2, 0.25) is 0 Å². The van der Waals surface area contributed by atoms with Crippen molar-refractivity contribution < 1.29 is 30.0 Å². The zero-order valence-corrected chi connectivity index (χ0v) is 20.1. The van der Waals surface area contributed by atoms with Crippen molar-refractivity contribution in [2.45, 2.75) is 13.8 Å². The van der Waals surface area contributed by atoms with Crippen LogP contribution >= 0.6 is 0 Å². The maximum atomic E-state index is 10.0. The molecule has 2 heterocycles. The van der Waals surface area contributed by atoms with Crippen molar-refractivity contribution in [3.8, 4) is 11.4 Å². The Bertz CT molecular complexity index is 1440. The van der Waals surface area contributed by atoms with Crippen molar-refractivity contribution in [1.29, 1.82) is 0 Å². The van der Waals surface area contributed by atoms with Crippen LogP contribution in [0, 0.1) is 6.07 Å². The number of hydrogen-bond donors (Lipinski definition) is 1. The molecule has 0 unspecified atom stereocenters. The van der Waals surface area contributed by atoms with Gasteiger partial charge in [-0.2, -0.15) is 12.1 Å². The van der Waals surface area contributed by atoms with E-state index >= 15 is 0 Å². The van der Waals surface area contributed by atoms with Crippen molar-refractivity contribution in [3.63, 3.8) is 0 Å². The Hall–Kier alpha value is -3.40. The summed E-state index contributed by atoms with van der Waals surface area (Å²) in [6, 6.07) is 30.0. The monoisotopic (exact) mass is 598 g/mol. The number of carbonyl (C=O) groups is 1. The molecule has 0 aliphatic heterocycles. The molecule has 2 aromatic heterocycles. The zero-order valence-electron chi connectivity index (χ0n) is 17.7. The smallest absolute Gasteiger partial charge is 0.155 e. The normalized spacial score (nSPS) is 11.0. The van der Waals surface area contributed by atoms with Crippen LogP contribution in [0.5, 0.6) is 0 Å². The molecule has 0 aliphatic carbocycles. The van der Waals surface area contributed by atoms with Crippen molar-refractivity contribution >= 4 is 38.4 Å². The van der Waals surface area contributed by atoms with Crippen LogP contribution in [0.25, 0.3) is 44.0 Å². The number of fused-ring (bicyclic) bond motifs is 4. The molecule has 5 heteroatoms. The Morgan fingerprint density at radius 2 is 1.41 bits per heavy atom. The summed E-state index contributed by atoms with van der Waals surface area (Å²) in [6.07, 6.45) is 1.17. The predicted octanol–water partition coefficient (Wildman–Crippen LogP) is 6.44. The number of aliphatic hydroxyl groups excluding tert-OH is 1. The molecule has 5 aromatic rings. The van der Waals surface area contributed by atoms with E-state index in [0.29, 0.717) is 0 Å². The molecule has 161 valence electrons. The second-order valence-corrected chi connectivity index (χ2v) is 7.23. The van der Waals surface area contributed by atoms with Gasteiger partial charge >= 0.3 is 0 Å². The van der Waals surface area contributed by atoms with Crippen molar-refractivity contribution in [2.24, 2.45) is 0 Å². The molecule has 1 N–H and O–H groups in total. The fraction of sp³-hybridized carbons (Fsp3) is 0.0741. The van der Waals surface area contributed by atoms with Crippen molar-refractivity contribution in [3.05, 3.63) is 96.8 Å². The van der Waals surface area contributed by atoms with Gasteiger partial charge in [0.25, 0.3) is 0 Å². The predicted molar refractivity (Wildman–Crippen MR) is 126 cm³/mol. The third kappa shape index (κ3) is 5.08. The Labute approximate surface area is 200 Å². The number of allylic oxidation sites excluding steroid dienone is 2. The number of carbonyl (C=O) groups excluding carboxylic acids is 1. The van der Waals surface area contributed by atoms with Gasteiger partial charge < -0.3 is 10.1 Å². The number of hydrogen-bond acceptors (Lipinski definition) is 4. The maximum Gasteiger partial charge on any atom is 0.155 e. The number of ketones is 1. The molecule has 32 heavy (non-hydrogen) atoms. The first-order valence-electron chi connectivity index (χ1n) is 9.96. The summed E-state index contributed by atoms with van der Waals surface area (Å²) >= 11 is 0. The van der Waals surface area contributed by atoms with Crippen LogP contribution < -0.4 is 0 Å². The van der Waals surface area contributed by atoms with Gasteiger partial charge in [0.2, 0.25) is 0 Å². The van der Waals surface area contributed by atoms with Crippen LogP contribution in [0.4, 0.5) is 0 Å². The molecule has 0 bridgehead atoms. The number of nitrogens with zero attached hydrogens (tertiary/aromatic N) is 2. The molecular formula is C27H21IrN2O2-. The summed E-state index contributed by atoms with van der Waals surface area (Å²) in [4.78, 5) is 19.7. The Kier molecular flexibility index (Phi) is 7.47. The summed E-state index contributed by atoms with van der Waals surface area (Å²) in [5, 5.41) is 12.9. The summed E-state index contributed by atoms with van der Waals surface area (Å²) in [5.74, 6) is -0.0625. The largest absolute Gasteiger partial charge is 0.512 e. The van der Waals surface area contributed by atoms with E-state index in [0.717, 1.165) is 38.6 Å². The van der Waals surface area contributed by atoms with Gasteiger partial charge in [-0.25, -0.2) is 0 Å².